The van der Waals surface area contributed by atoms with Gasteiger partial charge >= 0.3 is 0 Å². The monoisotopic (exact) mass is 292 g/mol. The highest BCUT2D eigenvalue weighted by Gasteiger charge is 2.12. The van der Waals surface area contributed by atoms with Crippen LogP contribution in [-0.4, -0.2) is 16.9 Å². The highest BCUT2D eigenvalue weighted by molar-refractivity contribution is 5.95. The number of aryl methyl sites for hydroxylation is 1. The number of rotatable bonds is 8. The number of nitrogens with zero attached hydrogens (tertiary/aromatic N) is 1. The lowest BCUT2D eigenvalue weighted by Gasteiger charge is -2.16. The molecular weight excluding hydrogens is 264 g/mol. The minimum atomic E-state index is -0.0671. The summed E-state index contributed by atoms with van der Waals surface area (Å²) in [5, 5.41) is 3.04. The Morgan fingerprint density at radius 3 is 2.57 bits per heavy atom. The molecule has 0 bridgehead atoms. The van der Waals surface area contributed by atoms with Crippen LogP contribution in [0.2, 0.25) is 0 Å². The van der Waals surface area contributed by atoms with Crippen molar-refractivity contribution in [2.24, 2.45) is 11.8 Å². The van der Waals surface area contributed by atoms with E-state index in [0.717, 1.165) is 31.4 Å². The average Bonchev–Trinajstić information content (AvgIpc) is 2.45. The zero-order valence-corrected chi connectivity index (χ0v) is 13.6. The van der Waals surface area contributed by atoms with Gasteiger partial charge in [-0.25, -0.2) is 10.8 Å². The third kappa shape index (κ3) is 6.12. The summed E-state index contributed by atoms with van der Waals surface area (Å²) in [5.74, 6) is 6.53. The highest BCUT2D eigenvalue weighted by Crippen LogP contribution is 2.13. The lowest BCUT2D eigenvalue weighted by molar-refractivity contribution is 0.0937. The van der Waals surface area contributed by atoms with E-state index in [2.05, 4.69) is 36.5 Å². The van der Waals surface area contributed by atoms with Crippen LogP contribution >= 0.6 is 0 Å². The summed E-state index contributed by atoms with van der Waals surface area (Å²) in [4.78, 5) is 16.7. The molecule has 4 N–H and O–H groups in total. The van der Waals surface area contributed by atoms with Gasteiger partial charge in [0, 0.05) is 17.3 Å². The summed E-state index contributed by atoms with van der Waals surface area (Å²) in [5.41, 5.74) is 4.01. The normalized spacial score (nSPS) is 12.3. The Kier molecular flexibility index (Phi) is 7.15. The second-order valence-corrected chi connectivity index (χ2v) is 5.97. The summed E-state index contributed by atoms with van der Waals surface area (Å²) in [6.07, 6.45) is 3.90. The van der Waals surface area contributed by atoms with Gasteiger partial charge in [0.2, 0.25) is 0 Å². The molecule has 118 valence electrons. The molecule has 0 fully saturated rings. The van der Waals surface area contributed by atoms with Gasteiger partial charge < -0.3 is 10.7 Å². The number of hydrazine groups is 1. The van der Waals surface area contributed by atoms with E-state index in [-0.39, 0.29) is 11.9 Å². The second kappa shape index (κ2) is 8.62. The molecule has 0 saturated carbocycles. The quantitative estimate of drug-likeness (QED) is 0.508. The number of carbonyl (C=O) groups is 1. The van der Waals surface area contributed by atoms with Gasteiger partial charge in [-0.05, 0) is 44.2 Å². The summed E-state index contributed by atoms with van der Waals surface area (Å²) in [7, 11) is 0. The molecule has 1 heterocycles. The van der Waals surface area contributed by atoms with Gasteiger partial charge in [0.1, 0.15) is 5.82 Å². The molecule has 1 aromatic heterocycles. The van der Waals surface area contributed by atoms with Gasteiger partial charge in [-0.3, -0.25) is 4.79 Å². The van der Waals surface area contributed by atoms with Crippen LogP contribution in [0.1, 0.15) is 63.0 Å². The zero-order valence-electron chi connectivity index (χ0n) is 13.6. The molecule has 5 nitrogen and oxygen atoms in total. The predicted molar refractivity (Wildman–Crippen MR) is 87.0 cm³/mol. The lowest BCUT2D eigenvalue weighted by atomic mass is 10.0. The number of aromatic nitrogens is 1. The Labute approximate surface area is 127 Å². The lowest BCUT2D eigenvalue weighted by Crippen LogP contribution is -2.33. The molecule has 1 aromatic rings. The van der Waals surface area contributed by atoms with Crippen molar-refractivity contribution in [3.05, 3.63) is 23.4 Å². The number of anilines is 1. The van der Waals surface area contributed by atoms with Crippen LogP contribution < -0.4 is 16.6 Å². The number of carbonyl (C=O) groups excluding carboxylic acids is 1. The molecule has 0 aliphatic carbocycles. The first-order valence-corrected chi connectivity index (χ1v) is 7.74. The third-order valence-electron chi connectivity index (χ3n) is 3.35. The predicted octanol–water partition coefficient (Wildman–Crippen LogP) is 2.87. The van der Waals surface area contributed by atoms with Gasteiger partial charge in [-0.1, -0.05) is 27.2 Å². The second-order valence-electron chi connectivity index (χ2n) is 5.97. The van der Waals surface area contributed by atoms with Gasteiger partial charge in [-0.2, -0.15) is 0 Å². The van der Waals surface area contributed by atoms with Crippen LogP contribution in [0.25, 0.3) is 0 Å². The Hall–Kier alpha value is -1.62. The Morgan fingerprint density at radius 1 is 1.29 bits per heavy atom. The molecule has 21 heavy (non-hydrogen) atoms. The third-order valence-corrected chi connectivity index (χ3v) is 3.35. The SMILES string of the molecule is CCCc1cc(C(=O)NC(C)CCC(C)C)cc(NN)n1. The number of nitrogen functional groups attached to an aromatic ring is 1. The summed E-state index contributed by atoms with van der Waals surface area (Å²) in [6, 6.07) is 3.69. The van der Waals surface area contributed by atoms with Crippen molar-refractivity contribution in [3.8, 4) is 0 Å². The number of nitrogens with two attached hydrogens (primary N) is 1. The number of hydrogen-bond donors (Lipinski definition) is 3. The van der Waals surface area contributed by atoms with E-state index >= 15 is 0 Å². The number of nitrogens with one attached hydrogen (secondary N) is 2. The molecule has 0 radical (unpaired) electrons. The van der Waals surface area contributed by atoms with Crippen molar-refractivity contribution in [2.45, 2.75) is 59.4 Å². The maximum atomic E-state index is 12.3. The molecule has 1 rings (SSSR count). The summed E-state index contributed by atoms with van der Waals surface area (Å²) < 4.78 is 0. The molecule has 5 heteroatoms. The first-order chi connectivity index (χ1) is 9.96. The first kappa shape index (κ1) is 17.4. The highest BCUT2D eigenvalue weighted by atomic mass is 16.1. The Balaban J connectivity index is 2.74. The van der Waals surface area contributed by atoms with Crippen molar-refractivity contribution >= 4 is 11.7 Å². The zero-order chi connectivity index (χ0) is 15.8. The molecular formula is C16H28N4O. The van der Waals surface area contributed by atoms with E-state index < -0.39 is 0 Å². The number of pyridine rings is 1. The minimum absolute atomic E-state index is 0.0671. The molecule has 0 saturated heterocycles. The van der Waals surface area contributed by atoms with E-state index in [4.69, 9.17) is 5.84 Å². The van der Waals surface area contributed by atoms with E-state index in [9.17, 15) is 4.79 Å². The van der Waals surface area contributed by atoms with Crippen LogP contribution in [0.5, 0.6) is 0 Å². The van der Waals surface area contributed by atoms with Crippen LogP contribution in [-0.2, 0) is 6.42 Å². The standard InChI is InChI=1S/C16H28N4O/c1-5-6-14-9-13(10-15(19-14)20-17)16(21)18-12(4)8-7-11(2)3/h9-12H,5-8,17H2,1-4H3,(H,18,21)(H,19,20). The molecule has 0 spiro atoms. The average molecular weight is 292 g/mol. The fourth-order valence-electron chi connectivity index (χ4n) is 2.14. The summed E-state index contributed by atoms with van der Waals surface area (Å²) in [6.45, 7) is 8.50. The van der Waals surface area contributed by atoms with Crippen LogP contribution in [0, 0.1) is 5.92 Å². The van der Waals surface area contributed by atoms with Crippen molar-refractivity contribution in [3.63, 3.8) is 0 Å². The van der Waals surface area contributed by atoms with Gasteiger partial charge in [0.25, 0.3) is 5.91 Å². The van der Waals surface area contributed by atoms with E-state index in [0.29, 0.717) is 17.3 Å². The number of hydrogen-bond acceptors (Lipinski definition) is 4. The van der Waals surface area contributed by atoms with Crippen molar-refractivity contribution < 1.29 is 4.79 Å². The van der Waals surface area contributed by atoms with Crippen LogP contribution in [0.15, 0.2) is 12.1 Å². The Bertz CT molecular complexity index is 460. The van der Waals surface area contributed by atoms with E-state index in [1.165, 1.54) is 0 Å². The smallest absolute Gasteiger partial charge is 0.251 e. The Morgan fingerprint density at radius 2 is 2.00 bits per heavy atom. The fraction of sp³-hybridized carbons (Fsp3) is 0.625. The molecule has 1 amide bonds. The fourth-order valence-corrected chi connectivity index (χ4v) is 2.14. The van der Waals surface area contributed by atoms with Gasteiger partial charge in [0.05, 0.1) is 0 Å². The van der Waals surface area contributed by atoms with Crippen molar-refractivity contribution in [1.29, 1.82) is 0 Å². The topological polar surface area (TPSA) is 80.0 Å². The van der Waals surface area contributed by atoms with Crippen LogP contribution in [0.3, 0.4) is 0 Å². The maximum absolute atomic E-state index is 12.3. The summed E-state index contributed by atoms with van der Waals surface area (Å²) >= 11 is 0. The number of amides is 1. The molecule has 0 aromatic carbocycles. The van der Waals surface area contributed by atoms with Crippen molar-refractivity contribution in [1.82, 2.24) is 10.3 Å². The van der Waals surface area contributed by atoms with Crippen molar-refractivity contribution in [2.75, 3.05) is 5.43 Å². The minimum Gasteiger partial charge on any atom is -0.350 e. The first-order valence-electron chi connectivity index (χ1n) is 7.74. The maximum Gasteiger partial charge on any atom is 0.251 e. The van der Waals surface area contributed by atoms with E-state index in [1.54, 1.807) is 6.07 Å². The molecule has 1 unspecified atom stereocenters. The largest absolute Gasteiger partial charge is 0.350 e. The van der Waals surface area contributed by atoms with Gasteiger partial charge in [0.15, 0.2) is 0 Å². The van der Waals surface area contributed by atoms with Crippen LogP contribution in [0.4, 0.5) is 5.82 Å². The van der Waals surface area contributed by atoms with E-state index in [1.807, 2.05) is 13.0 Å². The molecule has 0 aliphatic rings. The van der Waals surface area contributed by atoms with Gasteiger partial charge in [-0.15, -0.1) is 0 Å². The molecule has 0 aliphatic heterocycles. The molecule has 1 atom stereocenters.